The van der Waals surface area contributed by atoms with Gasteiger partial charge < -0.3 is 44.4 Å². The molecular weight excluding hydrogens is 797 g/mol. The number of hydrogen-bond acceptors (Lipinski definition) is 11. The van der Waals surface area contributed by atoms with E-state index in [9.17, 15) is 24.0 Å². The third kappa shape index (κ3) is 14.2. The number of fused-ring (bicyclic) bond motifs is 4. The van der Waals surface area contributed by atoms with E-state index in [0.29, 0.717) is 13.0 Å². The molecule has 0 radical (unpaired) electrons. The van der Waals surface area contributed by atoms with E-state index in [4.69, 9.17) is 28.4 Å². The highest BCUT2D eigenvalue weighted by Crippen LogP contribution is 2.44. The molecule has 2 saturated heterocycles. The number of aliphatic imine (C=N–C) groups is 1. The zero-order chi connectivity index (χ0) is 45.1. The van der Waals surface area contributed by atoms with Gasteiger partial charge in [0, 0.05) is 44.5 Å². The van der Waals surface area contributed by atoms with Gasteiger partial charge in [-0.3, -0.25) is 19.2 Å². The van der Waals surface area contributed by atoms with Crippen LogP contribution in [-0.4, -0.2) is 117 Å². The van der Waals surface area contributed by atoms with Crippen LogP contribution in [0.5, 0.6) is 0 Å². The van der Waals surface area contributed by atoms with E-state index in [2.05, 4.69) is 20.9 Å². The second kappa shape index (κ2) is 21.6. The maximum Gasteiger partial charge on any atom is 0.407 e. The Morgan fingerprint density at radius 3 is 2.16 bits per heavy atom. The SMILES string of the molecule is COC(C)(C)CCOC(C)(C)CCC(=O)N[C@H]1COC2C(C=NC(=O)CCC[C@H](NC(=O)OCC3c4ccccc4-c4ccccc43)C(=O)NCCC(=O)OC(C)(C)C)CO[C@@H]21. The van der Waals surface area contributed by atoms with Gasteiger partial charge in [0.25, 0.3) is 0 Å². The number of ether oxygens (including phenoxy) is 6. The summed E-state index contributed by atoms with van der Waals surface area (Å²) >= 11 is 0. The molecular formula is C47H66N4O11. The Balaban J connectivity index is 1.08. The van der Waals surface area contributed by atoms with Gasteiger partial charge in [0.15, 0.2) is 0 Å². The van der Waals surface area contributed by atoms with E-state index in [1.165, 1.54) is 6.21 Å². The number of nitrogens with zero attached hydrogens (tertiary/aromatic N) is 1. The van der Waals surface area contributed by atoms with Gasteiger partial charge in [-0.2, -0.15) is 0 Å². The van der Waals surface area contributed by atoms with Crippen LogP contribution in [0.15, 0.2) is 53.5 Å². The molecule has 2 aliphatic heterocycles. The van der Waals surface area contributed by atoms with Crippen molar-refractivity contribution in [2.75, 3.05) is 40.1 Å². The first-order valence-corrected chi connectivity index (χ1v) is 21.7. The number of alkyl carbamates (subject to hydrolysis) is 1. The standard InChI is InChI=1S/C47H66N4O11/c1-45(2,3)62-40(54)21-24-48-43(55)36(51-44(56)60-28-35-33-16-11-9-14-31(33)32-15-10-12-17-34(32)35)18-13-19-38(52)49-26-30-27-58-42-37(29-59-41(30)42)50-39(53)20-22-47(6,7)61-25-23-46(4,5)57-8/h9-12,14-17,26,30,35-37,41-42H,13,18-25,27-29H2,1-8H3,(H,48,55)(H,50,53)(H,51,56)/t30?,36-,37-,41?,42+/m0/s1. The Bertz CT molecular complexity index is 1860. The van der Waals surface area contributed by atoms with Crippen LogP contribution in [-0.2, 0) is 47.6 Å². The zero-order valence-corrected chi connectivity index (χ0v) is 37.6. The Morgan fingerprint density at radius 2 is 1.50 bits per heavy atom. The number of nitrogens with one attached hydrogen (secondary N) is 3. The Kier molecular flexibility index (Phi) is 16.8. The molecule has 15 heteroatoms. The van der Waals surface area contributed by atoms with E-state index < -0.39 is 41.1 Å². The highest BCUT2D eigenvalue weighted by atomic mass is 16.6. The Hall–Kier alpha value is -4.70. The summed E-state index contributed by atoms with van der Waals surface area (Å²) in [6.45, 7) is 14.4. The summed E-state index contributed by atoms with van der Waals surface area (Å²) < 4.78 is 34.6. The number of benzene rings is 2. The first-order chi connectivity index (χ1) is 29.3. The summed E-state index contributed by atoms with van der Waals surface area (Å²) in [5.74, 6) is -1.97. The lowest BCUT2D eigenvalue weighted by atomic mass is 9.98. The molecule has 0 saturated carbocycles. The fourth-order valence-corrected chi connectivity index (χ4v) is 7.78. The van der Waals surface area contributed by atoms with Gasteiger partial charge in [-0.25, -0.2) is 9.79 Å². The van der Waals surface area contributed by atoms with Crippen LogP contribution < -0.4 is 16.0 Å². The van der Waals surface area contributed by atoms with Crippen LogP contribution in [0.25, 0.3) is 11.1 Å². The molecule has 340 valence electrons. The molecule has 3 aliphatic rings. The second-order valence-electron chi connectivity index (χ2n) is 18.5. The third-order valence-corrected chi connectivity index (χ3v) is 11.4. The number of rotatable bonds is 21. The molecule has 2 aromatic rings. The summed E-state index contributed by atoms with van der Waals surface area (Å²) in [6.07, 6.45) is 1.88. The van der Waals surface area contributed by atoms with Crippen molar-refractivity contribution in [2.45, 2.75) is 140 Å². The normalized spacial score (nSPS) is 20.3. The molecule has 2 fully saturated rings. The molecule has 2 heterocycles. The monoisotopic (exact) mass is 862 g/mol. The number of amides is 4. The smallest absolute Gasteiger partial charge is 0.407 e. The molecule has 4 amide bonds. The van der Waals surface area contributed by atoms with Crippen LogP contribution in [0.2, 0.25) is 0 Å². The van der Waals surface area contributed by atoms with Gasteiger partial charge in [-0.05, 0) is 96.4 Å². The molecule has 0 spiro atoms. The topological polar surface area (TPSA) is 189 Å². The fraction of sp³-hybridized carbons (Fsp3) is 0.617. The molecule has 0 aromatic heterocycles. The van der Waals surface area contributed by atoms with Gasteiger partial charge in [-0.1, -0.05) is 48.5 Å². The summed E-state index contributed by atoms with van der Waals surface area (Å²) in [4.78, 5) is 68.8. The molecule has 15 nitrogen and oxygen atoms in total. The number of esters is 1. The molecule has 2 aromatic carbocycles. The maximum absolute atomic E-state index is 13.4. The lowest BCUT2D eigenvalue weighted by Gasteiger charge is -2.29. The van der Waals surface area contributed by atoms with E-state index in [1.807, 2.05) is 76.2 Å². The van der Waals surface area contributed by atoms with Crippen molar-refractivity contribution in [3.8, 4) is 11.1 Å². The van der Waals surface area contributed by atoms with Gasteiger partial charge in [-0.15, -0.1) is 0 Å². The number of hydrogen-bond donors (Lipinski definition) is 3. The summed E-state index contributed by atoms with van der Waals surface area (Å²) in [6, 6.07) is 14.6. The van der Waals surface area contributed by atoms with Crippen molar-refractivity contribution in [3.63, 3.8) is 0 Å². The molecule has 62 heavy (non-hydrogen) atoms. The predicted octanol–water partition coefficient (Wildman–Crippen LogP) is 5.80. The van der Waals surface area contributed by atoms with Crippen molar-refractivity contribution in [1.29, 1.82) is 0 Å². The first kappa shape index (κ1) is 48.3. The average Bonchev–Trinajstić information content (AvgIpc) is 3.90. The van der Waals surface area contributed by atoms with Crippen LogP contribution in [0, 0.1) is 5.92 Å². The van der Waals surface area contributed by atoms with Crippen molar-refractivity contribution < 1.29 is 52.4 Å². The molecule has 0 bridgehead atoms. The Labute approximate surface area is 365 Å². The predicted molar refractivity (Wildman–Crippen MR) is 233 cm³/mol. The van der Waals surface area contributed by atoms with E-state index in [-0.39, 0.29) is 100 Å². The van der Waals surface area contributed by atoms with Crippen molar-refractivity contribution in [2.24, 2.45) is 10.9 Å². The number of carbonyl (C=O) groups is 5. The van der Waals surface area contributed by atoms with Crippen molar-refractivity contribution in [1.82, 2.24) is 16.0 Å². The summed E-state index contributed by atoms with van der Waals surface area (Å²) in [7, 11) is 1.68. The molecule has 5 rings (SSSR count). The van der Waals surface area contributed by atoms with Gasteiger partial charge in [0.2, 0.25) is 17.7 Å². The lowest BCUT2D eigenvalue weighted by Crippen LogP contribution is -2.47. The third-order valence-electron chi connectivity index (χ3n) is 11.4. The van der Waals surface area contributed by atoms with Gasteiger partial charge in [0.05, 0.1) is 49.6 Å². The Morgan fingerprint density at radius 1 is 0.839 bits per heavy atom. The number of methoxy groups -OCH3 is 1. The second-order valence-corrected chi connectivity index (χ2v) is 18.5. The van der Waals surface area contributed by atoms with E-state index >= 15 is 0 Å². The zero-order valence-electron chi connectivity index (χ0n) is 37.6. The fourth-order valence-electron chi connectivity index (χ4n) is 7.78. The van der Waals surface area contributed by atoms with Gasteiger partial charge in [0.1, 0.15) is 24.4 Å². The van der Waals surface area contributed by atoms with Crippen LogP contribution >= 0.6 is 0 Å². The first-order valence-electron chi connectivity index (χ1n) is 21.7. The molecule has 2 unspecified atom stereocenters. The van der Waals surface area contributed by atoms with Crippen LogP contribution in [0.3, 0.4) is 0 Å². The minimum Gasteiger partial charge on any atom is -0.460 e. The minimum atomic E-state index is -1.05. The maximum atomic E-state index is 13.4. The minimum absolute atomic E-state index is 0.000370. The van der Waals surface area contributed by atoms with Crippen molar-refractivity contribution in [3.05, 3.63) is 59.7 Å². The van der Waals surface area contributed by atoms with Crippen LogP contribution in [0.1, 0.15) is 110 Å². The summed E-state index contributed by atoms with van der Waals surface area (Å²) in [5.41, 5.74) is 2.85. The lowest BCUT2D eigenvalue weighted by molar-refractivity contribution is -0.154. The largest absolute Gasteiger partial charge is 0.460 e. The average molecular weight is 863 g/mol. The highest BCUT2D eigenvalue weighted by Gasteiger charge is 2.47. The quantitative estimate of drug-likeness (QED) is 0.102. The van der Waals surface area contributed by atoms with Gasteiger partial charge >= 0.3 is 12.1 Å². The van der Waals surface area contributed by atoms with Crippen LogP contribution in [0.4, 0.5) is 4.79 Å². The van der Waals surface area contributed by atoms with E-state index in [0.717, 1.165) is 28.7 Å². The van der Waals surface area contributed by atoms with Crippen molar-refractivity contribution >= 4 is 36.0 Å². The highest BCUT2D eigenvalue weighted by molar-refractivity contribution is 5.87. The molecule has 3 N–H and O–H groups in total. The summed E-state index contributed by atoms with van der Waals surface area (Å²) in [5, 5.41) is 8.43. The van der Waals surface area contributed by atoms with E-state index in [1.54, 1.807) is 27.9 Å². The number of carbonyl (C=O) groups excluding carboxylic acids is 5. The molecule has 5 atom stereocenters. The molecule has 1 aliphatic carbocycles.